The highest BCUT2D eigenvalue weighted by molar-refractivity contribution is 7.89. The maximum atomic E-state index is 12.2. The molecule has 0 radical (unpaired) electrons. The molecule has 0 saturated carbocycles. The number of sulfonamides is 1. The van der Waals surface area contributed by atoms with Gasteiger partial charge in [-0.1, -0.05) is 0 Å². The van der Waals surface area contributed by atoms with Crippen LogP contribution in [0.5, 0.6) is 0 Å². The maximum Gasteiger partial charge on any atom is 0.357 e. The molecule has 1 aliphatic rings. The number of thiazole rings is 1. The highest BCUT2D eigenvalue weighted by Gasteiger charge is 2.16. The Bertz CT molecular complexity index is 968. The number of carbonyl (C=O) groups excluding carboxylic acids is 2. The lowest BCUT2D eigenvalue weighted by molar-refractivity contribution is 0.0193. The van der Waals surface area contributed by atoms with Crippen molar-refractivity contribution in [3.05, 3.63) is 40.9 Å². The Labute approximate surface area is 171 Å². The van der Waals surface area contributed by atoms with E-state index in [4.69, 9.17) is 14.6 Å². The first-order valence-corrected chi connectivity index (χ1v) is 11.1. The highest BCUT2D eigenvalue weighted by Crippen LogP contribution is 2.18. The number of benzene rings is 1. The Morgan fingerprint density at radius 3 is 2.59 bits per heavy atom. The number of anilines is 1. The first-order chi connectivity index (χ1) is 13.8. The number of aromatic nitrogens is 1. The summed E-state index contributed by atoms with van der Waals surface area (Å²) in [5.74, 6) is -1.06. The average Bonchev–Trinajstić information content (AvgIpc) is 3.17. The summed E-state index contributed by atoms with van der Waals surface area (Å²) >= 11 is 1.08. The van der Waals surface area contributed by atoms with E-state index in [0.717, 1.165) is 24.4 Å². The highest BCUT2D eigenvalue weighted by atomic mass is 32.2. The largest absolute Gasteiger partial charge is 0.460 e. The van der Waals surface area contributed by atoms with Gasteiger partial charge in [0.1, 0.15) is 6.61 Å². The van der Waals surface area contributed by atoms with Crippen LogP contribution < -0.4 is 10.5 Å². The second-order valence-electron chi connectivity index (χ2n) is 6.15. The lowest BCUT2D eigenvalue weighted by atomic mass is 10.2. The number of primary sulfonamides is 1. The van der Waals surface area contributed by atoms with Gasteiger partial charge in [-0.15, -0.1) is 11.3 Å². The monoisotopic (exact) mass is 440 g/mol. The molecule has 2 heterocycles. The van der Waals surface area contributed by atoms with Crippen molar-refractivity contribution in [2.24, 2.45) is 5.14 Å². The molecule has 0 atom stereocenters. The number of rotatable bonds is 7. The van der Waals surface area contributed by atoms with Crippen molar-refractivity contribution in [1.82, 2.24) is 9.88 Å². The smallest absolute Gasteiger partial charge is 0.357 e. The van der Waals surface area contributed by atoms with Crippen molar-refractivity contribution >= 4 is 38.4 Å². The summed E-state index contributed by atoms with van der Waals surface area (Å²) in [5.41, 5.74) is 0.332. The van der Waals surface area contributed by atoms with E-state index in [2.05, 4.69) is 15.2 Å². The molecule has 12 heteroatoms. The van der Waals surface area contributed by atoms with Crippen molar-refractivity contribution in [3.63, 3.8) is 0 Å². The number of nitrogens with one attached hydrogen (secondary N) is 1. The third-order valence-electron chi connectivity index (χ3n) is 4.12. The van der Waals surface area contributed by atoms with Gasteiger partial charge in [-0.2, -0.15) is 0 Å². The van der Waals surface area contributed by atoms with Gasteiger partial charge in [0.25, 0.3) is 5.91 Å². The molecule has 1 aromatic carbocycles. The molecule has 0 spiro atoms. The minimum Gasteiger partial charge on any atom is -0.460 e. The fourth-order valence-corrected chi connectivity index (χ4v) is 3.75. The van der Waals surface area contributed by atoms with E-state index in [1.54, 1.807) is 0 Å². The van der Waals surface area contributed by atoms with Crippen LogP contribution in [0.25, 0.3) is 0 Å². The predicted molar refractivity (Wildman–Crippen MR) is 105 cm³/mol. The van der Waals surface area contributed by atoms with E-state index in [1.807, 2.05) is 0 Å². The van der Waals surface area contributed by atoms with E-state index in [9.17, 15) is 18.0 Å². The Morgan fingerprint density at radius 2 is 1.93 bits per heavy atom. The first kappa shape index (κ1) is 21.3. The molecule has 156 valence electrons. The molecule has 0 unspecified atom stereocenters. The predicted octanol–water partition coefficient (Wildman–Crippen LogP) is 0.532. The molecule has 0 aliphatic carbocycles. The second kappa shape index (κ2) is 9.41. The van der Waals surface area contributed by atoms with Crippen LogP contribution in [-0.4, -0.2) is 69.6 Å². The molecule has 29 heavy (non-hydrogen) atoms. The first-order valence-electron chi connectivity index (χ1n) is 8.70. The fraction of sp³-hybridized carbons (Fsp3) is 0.353. The summed E-state index contributed by atoms with van der Waals surface area (Å²) in [6, 6.07) is 5.15. The second-order valence-corrected chi connectivity index (χ2v) is 8.57. The van der Waals surface area contributed by atoms with Gasteiger partial charge >= 0.3 is 5.97 Å². The lowest BCUT2D eigenvalue weighted by Crippen LogP contribution is -2.38. The number of esters is 1. The number of nitrogens with zero attached hydrogens (tertiary/aromatic N) is 2. The number of carbonyl (C=O) groups is 2. The van der Waals surface area contributed by atoms with Gasteiger partial charge in [-0.25, -0.2) is 23.3 Å². The zero-order chi connectivity index (χ0) is 20.9. The summed E-state index contributed by atoms with van der Waals surface area (Å²) in [6.45, 7) is 3.83. The summed E-state index contributed by atoms with van der Waals surface area (Å²) in [4.78, 5) is 30.4. The molecule has 1 aromatic heterocycles. The van der Waals surface area contributed by atoms with E-state index in [-0.39, 0.29) is 27.9 Å². The van der Waals surface area contributed by atoms with E-state index in [0.29, 0.717) is 19.8 Å². The number of hydrogen-bond donors (Lipinski definition) is 2. The van der Waals surface area contributed by atoms with E-state index >= 15 is 0 Å². The molecule has 3 rings (SSSR count). The molecule has 1 aliphatic heterocycles. The van der Waals surface area contributed by atoms with Crippen LogP contribution in [0.15, 0.2) is 34.5 Å². The third kappa shape index (κ3) is 6.05. The van der Waals surface area contributed by atoms with Crippen LogP contribution in [0.3, 0.4) is 0 Å². The standard InChI is InChI=1S/C17H20N4O6S2/c18-29(24,25)13-3-1-12(2-4-13)15(22)20-17-19-14(11-28-17)16(23)27-10-7-21-5-8-26-9-6-21/h1-4,11H,5-10H2,(H2,18,24,25)(H,19,20,22). The number of ether oxygens (including phenoxy) is 2. The third-order valence-corrected chi connectivity index (χ3v) is 5.81. The number of morpholine rings is 1. The molecular weight excluding hydrogens is 420 g/mol. The van der Waals surface area contributed by atoms with Gasteiger partial charge in [0.2, 0.25) is 10.0 Å². The Kier molecular flexibility index (Phi) is 6.92. The van der Waals surface area contributed by atoms with Crippen LogP contribution in [0.2, 0.25) is 0 Å². The summed E-state index contributed by atoms with van der Waals surface area (Å²) < 4.78 is 33.0. The van der Waals surface area contributed by atoms with Crippen LogP contribution in [0.1, 0.15) is 20.8 Å². The van der Waals surface area contributed by atoms with Gasteiger partial charge in [-0.3, -0.25) is 15.0 Å². The summed E-state index contributed by atoms with van der Waals surface area (Å²) in [7, 11) is -3.83. The molecule has 1 amide bonds. The molecule has 1 saturated heterocycles. The fourth-order valence-electron chi connectivity index (χ4n) is 2.56. The summed E-state index contributed by atoms with van der Waals surface area (Å²) in [5, 5.41) is 9.31. The zero-order valence-corrected chi connectivity index (χ0v) is 17.0. The van der Waals surface area contributed by atoms with E-state index < -0.39 is 21.9 Å². The van der Waals surface area contributed by atoms with Crippen LogP contribution in [0, 0.1) is 0 Å². The maximum absolute atomic E-state index is 12.2. The van der Waals surface area contributed by atoms with Crippen molar-refractivity contribution < 1.29 is 27.5 Å². The van der Waals surface area contributed by atoms with Gasteiger partial charge in [0.05, 0.1) is 18.1 Å². The minimum absolute atomic E-state index is 0.0922. The number of amides is 1. The van der Waals surface area contributed by atoms with Crippen molar-refractivity contribution in [2.45, 2.75) is 4.90 Å². The SMILES string of the molecule is NS(=O)(=O)c1ccc(C(=O)Nc2nc(C(=O)OCCN3CCOCC3)cs2)cc1. The Balaban J connectivity index is 1.51. The molecule has 1 fully saturated rings. The van der Waals surface area contributed by atoms with Crippen LogP contribution in [0.4, 0.5) is 5.13 Å². The van der Waals surface area contributed by atoms with Gasteiger partial charge in [0.15, 0.2) is 10.8 Å². The molecular formula is C17H20N4O6S2. The molecule has 0 bridgehead atoms. The van der Waals surface area contributed by atoms with E-state index in [1.165, 1.54) is 29.6 Å². The number of hydrogen-bond acceptors (Lipinski definition) is 9. The quantitative estimate of drug-likeness (QED) is 0.594. The van der Waals surface area contributed by atoms with Crippen molar-refractivity contribution in [2.75, 3.05) is 44.8 Å². The van der Waals surface area contributed by atoms with Crippen molar-refractivity contribution in [1.29, 1.82) is 0 Å². The molecule has 2 aromatic rings. The average molecular weight is 441 g/mol. The Hall–Kier alpha value is -2.38. The van der Waals surface area contributed by atoms with Crippen LogP contribution in [-0.2, 0) is 19.5 Å². The Morgan fingerprint density at radius 1 is 1.24 bits per heavy atom. The normalized spacial score (nSPS) is 15.1. The van der Waals surface area contributed by atoms with Gasteiger partial charge in [0, 0.05) is 30.6 Å². The minimum atomic E-state index is -3.83. The molecule has 10 nitrogen and oxygen atoms in total. The summed E-state index contributed by atoms with van der Waals surface area (Å²) in [6.07, 6.45) is 0. The number of nitrogens with two attached hydrogens (primary N) is 1. The van der Waals surface area contributed by atoms with Crippen LogP contribution >= 0.6 is 11.3 Å². The van der Waals surface area contributed by atoms with Crippen molar-refractivity contribution in [3.8, 4) is 0 Å². The molecule has 3 N–H and O–H groups in total. The topological polar surface area (TPSA) is 141 Å². The van der Waals surface area contributed by atoms with Gasteiger partial charge < -0.3 is 9.47 Å². The lowest BCUT2D eigenvalue weighted by Gasteiger charge is -2.26. The van der Waals surface area contributed by atoms with Gasteiger partial charge in [-0.05, 0) is 24.3 Å². The zero-order valence-electron chi connectivity index (χ0n) is 15.4.